The minimum atomic E-state index is 0.0773. The molecule has 1 aromatic carbocycles. The third-order valence-electron chi connectivity index (χ3n) is 4.32. The number of carbonyl (C=O) groups is 1. The molecule has 2 aromatic heterocycles. The van der Waals surface area contributed by atoms with E-state index in [1.54, 1.807) is 29.8 Å². The van der Waals surface area contributed by atoms with Crippen molar-refractivity contribution in [3.8, 4) is 15.6 Å². The number of thiophene rings is 1. The number of aryl methyl sites for hydroxylation is 1. The summed E-state index contributed by atoms with van der Waals surface area (Å²) in [4.78, 5) is 20.6. The van der Waals surface area contributed by atoms with Crippen LogP contribution in [0.3, 0.4) is 0 Å². The predicted molar refractivity (Wildman–Crippen MR) is 103 cm³/mol. The first kappa shape index (κ1) is 16.3. The Balaban J connectivity index is 1.57. The van der Waals surface area contributed by atoms with Gasteiger partial charge in [-0.1, -0.05) is 18.2 Å². The smallest absolute Gasteiger partial charge is 0.233 e. The molecule has 1 amide bonds. The second-order valence-corrected chi connectivity index (χ2v) is 7.72. The van der Waals surface area contributed by atoms with Crippen LogP contribution in [-0.2, 0) is 17.6 Å². The fourth-order valence-electron chi connectivity index (χ4n) is 3.18. The van der Waals surface area contributed by atoms with E-state index >= 15 is 0 Å². The van der Waals surface area contributed by atoms with Gasteiger partial charge >= 0.3 is 0 Å². The average Bonchev–Trinajstić information content (AvgIpc) is 3.32. The van der Waals surface area contributed by atoms with Crippen LogP contribution in [0, 0.1) is 0 Å². The summed E-state index contributed by atoms with van der Waals surface area (Å²) in [6.07, 6.45) is 2.28. The third kappa shape index (κ3) is 3.19. The zero-order valence-corrected chi connectivity index (χ0v) is 15.5. The molecule has 128 valence electrons. The maximum Gasteiger partial charge on any atom is 0.233 e. The molecule has 0 saturated heterocycles. The van der Waals surface area contributed by atoms with E-state index in [0.29, 0.717) is 6.42 Å². The summed E-state index contributed by atoms with van der Waals surface area (Å²) in [7, 11) is 1.65. The van der Waals surface area contributed by atoms with Crippen molar-refractivity contribution in [1.29, 1.82) is 0 Å². The van der Waals surface area contributed by atoms with E-state index in [-0.39, 0.29) is 5.91 Å². The lowest BCUT2D eigenvalue weighted by Gasteiger charge is -2.30. The maximum absolute atomic E-state index is 12.9. The minimum absolute atomic E-state index is 0.0773. The highest BCUT2D eigenvalue weighted by Crippen LogP contribution is 2.36. The summed E-state index contributed by atoms with van der Waals surface area (Å²) in [5.41, 5.74) is 2.94. The molecule has 0 spiro atoms. The molecule has 0 radical (unpaired) electrons. The van der Waals surface area contributed by atoms with Crippen molar-refractivity contribution < 1.29 is 9.53 Å². The number of carbonyl (C=O) groups excluding carboxylic acids is 1. The van der Waals surface area contributed by atoms with Crippen LogP contribution in [0.1, 0.15) is 17.7 Å². The van der Waals surface area contributed by atoms with Crippen molar-refractivity contribution >= 4 is 34.3 Å². The Bertz CT molecular complexity index is 872. The van der Waals surface area contributed by atoms with Gasteiger partial charge in [-0.3, -0.25) is 4.79 Å². The number of hydrogen-bond donors (Lipinski definition) is 0. The normalized spacial score (nSPS) is 13.6. The van der Waals surface area contributed by atoms with E-state index < -0.39 is 0 Å². The van der Waals surface area contributed by atoms with E-state index in [4.69, 9.17) is 4.74 Å². The van der Waals surface area contributed by atoms with Crippen LogP contribution in [0.15, 0.2) is 41.1 Å². The van der Waals surface area contributed by atoms with Crippen molar-refractivity contribution in [1.82, 2.24) is 4.98 Å². The van der Waals surface area contributed by atoms with Crippen molar-refractivity contribution in [2.24, 2.45) is 0 Å². The SMILES string of the molecule is COc1cccc2c1N(C(=O)Cc1csc(-c3cccs3)n1)CCC2. The second kappa shape index (κ2) is 6.98. The van der Waals surface area contributed by atoms with Crippen LogP contribution in [0.5, 0.6) is 5.75 Å². The van der Waals surface area contributed by atoms with Gasteiger partial charge in [0.05, 0.1) is 29.8 Å². The molecule has 0 unspecified atom stereocenters. The Morgan fingerprint density at radius 2 is 2.20 bits per heavy atom. The zero-order valence-electron chi connectivity index (χ0n) is 13.9. The highest BCUT2D eigenvalue weighted by molar-refractivity contribution is 7.20. The number of aromatic nitrogens is 1. The van der Waals surface area contributed by atoms with E-state index in [2.05, 4.69) is 17.1 Å². The van der Waals surface area contributed by atoms with Gasteiger partial charge in [0.2, 0.25) is 5.91 Å². The number of benzene rings is 1. The number of rotatable bonds is 4. The van der Waals surface area contributed by atoms with Gasteiger partial charge in [0.1, 0.15) is 10.8 Å². The lowest BCUT2D eigenvalue weighted by molar-refractivity contribution is -0.118. The standard InChI is InChI=1S/C19H18N2O2S2/c1-23-15-7-2-5-13-6-3-9-21(18(13)15)17(22)11-14-12-25-19(20-14)16-8-4-10-24-16/h2,4-5,7-8,10,12H,3,6,9,11H2,1H3. The molecule has 25 heavy (non-hydrogen) atoms. The molecule has 1 aliphatic heterocycles. The molecule has 1 aliphatic rings. The summed E-state index contributed by atoms with van der Waals surface area (Å²) in [5, 5.41) is 5.01. The van der Waals surface area contributed by atoms with E-state index in [0.717, 1.165) is 46.4 Å². The number of amides is 1. The first-order valence-electron chi connectivity index (χ1n) is 8.21. The number of anilines is 1. The Hall–Kier alpha value is -2.18. The monoisotopic (exact) mass is 370 g/mol. The molecular formula is C19H18N2O2S2. The molecule has 0 atom stereocenters. The Morgan fingerprint density at radius 3 is 3.00 bits per heavy atom. The molecule has 0 aliphatic carbocycles. The number of fused-ring (bicyclic) bond motifs is 1. The second-order valence-electron chi connectivity index (χ2n) is 5.92. The van der Waals surface area contributed by atoms with Gasteiger partial charge < -0.3 is 9.64 Å². The van der Waals surface area contributed by atoms with Gasteiger partial charge in [0, 0.05) is 11.9 Å². The summed E-state index contributed by atoms with van der Waals surface area (Å²) in [6.45, 7) is 0.730. The van der Waals surface area contributed by atoms with Gasteiger partial charge in [0.25, 0.3) is 0 Å². The lowest BCUT2D eigenvalue weighted by Crippen LogP contribution is -2.36. The molecule has 0 N–H and O–H groups in total. The highest BCUT2D eigenvalue weighted by atomic mass is 32.1. The molecule has 0 bridgehead atoms. The largest absolute Gasteiger partial charge is 0.495 e. The van der Waals surface area contributed by atoms with Crippen LogP contribution in [0.4, 0.5) is 5.69 Å². The number of para-hydroxylation sites is 1. The lowest BCUT2D eigenvalue weighted by atomic mass is 10.0. The zero-order chi connectivity index (χ0) is 17.2. The van der Waals surface area contributed by atoms with Crippen LogP contribution >= 0.6 is 22.7 Å². The van der Waals surface area contributed by atoms with Crippen molar-refractivity contribution in [3.63, 3.8) is 0 Å². The van der Waals surface area contributed by atoms with Crippen LogP contribution in [0.2, 0.25) is 0 Å². The van der Waals surface area contributed by atoms with Crippen molar-refractivity contribution in [2.45, 2.75) is 19.3 Å². The molecular weight excluding hydrogens is 352 g/mol. The van der Waals surface area contributed by atoms with Gasteiger partial charge in [-0.05, 0) is 35.9 Å². The van der Waals surface area contributed by atoms with E-state index in [1.165, 1.54) is 5.56 Å². The number of ether oxygens (including phenoxy) is 1. The Kier molecular flexibility index (Phi) is 4.55. The quantitative estimate of drug-likeness (QED) is 0.683. The number of methoxy groups -OCH3 is 1. The van der Waals surface area contributed by atoms with Gasteiger partial charge in [0.15, 0.2) is 0 Å². The molecule has 6 heteroatoms. The van der Waals surface area contributed by atoms with Crippen LogP contribution in [-0.4, -0.2) is 24.5 Å². The topological polar surface area (TPSA) is 42.4 Å². The van der Waals surface area contributed by atoms with Gasteiger partial charge in [-0.25, -0.2) is 4.98 Å². The average molecular weight is 370 g/mol. The highest BCUT2D eigenvalue weighted by Gasteiger charge is 2.26. The van der Waals surface area contributed by atoms with Crippen LogP contribution in [0.25, 0.3) is 9.88 Å². The number of nitrogens with zero attached hydrogens (tertiary/aromatic N) is 2. The van der Waals surface area contributed by atoms with Crippen molar-refractivity contribution in [2.75, 3.05) is 18.6 Å². The summed E-state index contributed by atoms with van der Waals surface area (Å²) >= 11 is 3.26. The molecule has 0 saturated carbocycles. The first-order chi connectivity index (χ1) is 12.3. The Labute approximate surface area is 154 Å². The summed E-state index contributed by atoms with van der Waals surface area (Å²) < 4.78 is 5.49. The first-order valence-corrected chi connectivity index (χ1v) is 9.96. The van der Waals surface area contributed by atoms with Gasteiger partial charge in [-0.2, -0.15) is 0 Å². The van der Waals surface area contributed by atoms with E-state index in [9.17, 15) is 4.79 Å². The summed E-state index contributed by atoms with van der Waals surface area (Å²) in [6, 6.07) is 10.1. The van der Waals surface area contributed by atoms with E-state index in [1.807, 2.05) is 33.9 Å². The number of thiazole rings is 1. The fraction of sp³-hybridized carbons (Fsp3) is 0.263. The van der Waals surface area contributed by atoms with Crippen molar-refractivity contribution in [3.05, 3.63) is 52.3 Å². The Morgan fingerprint density at radius 1 is 1.28 bits per heavy atom. The molecule has 4 nitrogen and oxygen atoms in total. The van der Waals surface area contributed by atoms with Crippen LogP contribution < -0.4 is 9.64 Å². The van der Waals surface area contributed by atoms with Gasteiger partial charge in [-0.15, -0.1) is 22.7 Å². The third-order valence-corrected chi connectivity index (χ3v) is 6.25. The molecule has 0 fully saturated rings. The fourth-order valence-corrected chi connectivity index (χ4v) is 4.82. The molecule has 3 heterocycles. The predicted octanol–water partition coefficient (Wildman–Crippen LogP) is 4.40. The minimum Gasteiger partial charge on any atom is -0.495 e. The molecule has 4 rings (SSSR count). The summed E-state index contributed by atoms with van der Waals surface area (Å²) in [5.74, 6) is 0.844. The number of hydrogen-bond acceptors (Lipinski definition) is 5. The maximum atomic E-state index is 12.9. The molecule has 3 aromatic rings.